The minimum atomic E-state index is -0.851. The van der Waals surface area contributed by atoms with Crippen LogP contribution in [0.1, 0.15) is 18.2 Å². The first-order chi connectivity index (χ1) is 11.8. The maximum Gasteiger partial charge on any atom is 0.331 e. The van der Waals surface area contributed by atoms with Crippen molar-refractivity contribution in [2.24, 2.45) is 0 Å². The number of halogens is 1. The Morgan fingerprint density at radius 2 is 1.92 bits per heavy atom. The number of rotatable bonds is 5. The number of aryl methyl sites for hydroxylation is 1. The van der Waals surface area contributed by atoms with E-state index in [1.165, 1.54) is 17.9 Å². The van der Waals surface area contributed by atoms with Crippen LogP contribution in [0.3, 0.4) is 0 Å². The molecule has 1 atom stereocenters. The molecule has 1 heterocycles. The SMILES string of the molecule is Cc1nn(-c2ccccc2)c(Cl)c1/C=C/C(=O)O[C@@H](C)C(=O)N(C)C. The number of benzene rings is 1. The summed E-state index contributed by atoms with van der Waals surface area (Å²) in [5, 5.41) is 4.78. The van der Waals surface area contributed by atoms with Gasteiger partial charge >= 0.3 is 5.97 Å². The monoisotopic (exact) mass is 361 g/mol. The number of carbonyl (C=O) groups is 2. The first kappa shape index (κ1) is 18.7. The average molecular weight is 362 g/mol. The molecule has 0 aliphatic carbocycles. The van der Waals surface area contributed by atoms with Gasteiger partial charge < -0.3 is 9.64 Å². The molecule has 0 radical (unpaired) electrons. The lowest BCUT2D eigenvalue weighted by Crippen LogP contribution is -2.34. The van der Waals surface area contributed by atoms with Crippen LogP contribution >= 0.6 is 11.6 Å². The summed E-state index contributed by atoms with van der Waals surface area (Å²) in [5.41, 5.74) is 2.12. The van der Waals surface area contributed by atoms with Crippen LogP contribution in [-0.4, -0.2) is 46.8 Å². The summed E-state index contributed by atoms with van der Waals surface area (Å²) < 4.78 is 6.68. The fraction of sp³-hybridized carbons (Fsp3) is 0.278. The summed E-state index contributed by atoms with van der Waals surface area (Å²) in [6.45, 7) is 3.33. The van der Waals surface area contributed by atoms with E-state index >= 15 is 0 Å². The standard InChI is InChI=1S/C18H20ClN3O3/c1-12-15(10-11-16(23)25-13(2)18(24)21(3)4)17(19)22(20-12)14-8-6-5-7-9-14/h5-11,13H,1-4H3/b11-10+/t13-/m0/s1. The quantitative estimate of drug-likeness (QED) is 0.606. The molecule has 0 spiro atoms. The van der Waals surface area contributed by atoms with Crippen LogP contribution in [0.4, 0.5) is 0 Å². The lowest BCUT2D eigenvalue weighted by molar-refractivity contribution is -0.153. The third-order valence-electron chi connectivity index (χ3n) is 3.52. The Labute approximate surface area is 151 Å². The van der Waals surface area contributed by atoms with E-state index in [9.17, 15) is 9.59 Å². The van der Waals surface area contributed by atoms with E-state index in [2.05, 4.69) is 5.10 Å². The first-order valence-electron chi connectivity index (χ1n) is 7.71. The molecular formula is C18H20ClN3O3. The highest BCUT2D eigenvalue weighted by Gasteiger charge is 2.18. The Morgan fingerprint density at radius 3 is 2.52 bits per heavy atom. The largest absolute Gasteiger partial charge is 0.449 e. The van der Waals surface area contributed by atoms with Gasteiger partial charge in [-0.15, -0.1) is 0 Å². The first-order valence-corrected chi connectivity index (χ1v) is 8.09. The van der Waals surface area contributed by atoms with Crippen LogP contribution in [0, 0.1) is 6.92 Å². The van der Waals surface area contributed by atoms with Gasteiger partial charge in [0.15, 0.2) is 6.10 Å². The third kappa shape index (κ3) is 4.48. The van der Waals surface area contributed by atoms with Gasteiger partial charge in [0, 0.05) is 25.7 Å². The van der Waals surface area contributed by atoms with Crippen LogP contribution in [0.5, 0.6) is 0 Å². The molecule has 0 aliphatic heterocycles. The van der Waals surface area contributed by atoms with E-state index < -0.39 is 12.1 Å². The molecule has 0 N–H and O–H groups in total. The molecule has 1 amide bonds. The van der Waals surface area contributed by atoms with Gasteiger partial charge in [0.2, 0.25) is 0 Å². The molecule has 0 fully saturated rings. The lowest BCUT2D eigenvalue weighted by atomic mass is 10.2. The molecule has 0 saturated carbocycles. The molecule has 2 rings (SSSR count). The molecule has 1 aromatic heterocycles. The molecular weight excluding hydrogens is 342 g/mol. The summed E-state index contributed by atoms with van der Waals surface area (Å²) >= 11 is 6.38. The van der Waals surface area contributed by atoms with Crippen molar-refractivity contribution >= 4 is 29.6 Å². The van der Waals surface area contributed by atoms with Gasteiger partial charge in [-0.3, -0.25) is 4.79 Å². The molecule has 0 aliphatic rings. The number of aromatic nitrogens is 2. The zero-order chi connectivity index (χ0) is 18.6. The fourth-order valence-corrected chi connectivity index (χ4v) is 2.55. The van der Waals surface area contributed by atoms with E-state index in [0.29, 0.717) is 16.4 Å². The molecule has 25 heavy (non-hydrogen) atoms. The summed E-state index contributed by atoms with van der Waals surface area (Å²) in [7, 11) is 3.20. The zero-order valence-corrected chi connectivity index (χ0v) is 15.3. The molecule has 132 valence electrons. The highest BCUT2D eigenvalue weighted by atomic mass is 35.5. The molecule has 0 bridgehead atoms. The second-order valence-corrected chi connectivity index (χ2v) is 6.04. The van der Waals surface area contributed by atoms with E-state index in [4.69, 9.17) is 16.3 Å². The van der Waals surface area contributed by atoms with Crippen LogP contribution in [-0.2, 0) is 14.3 Å². The van der Waals surface area contributed by atoms with Crippen LogP contribution in [0.25, 0.3) is 11.8 Å². The Balaban J connectivity index is 2.15. The van der Waals surface area contributed by atoms with Crippen molar-refractivity contribution in [3.05, 3.63) is 52.8 Å². The van der Waals surface area contributed by atoms with E-state index in [0.717, 1.165) is 5.69 Å². The number of nitrogens with zero attached hydrogens (tertiary/aromatic N) is 3. The van der Waals surface area contributed by atoms with Gasteiger partial charge in [0.1, 0.15) is 5.15 Å². The topological polar surface area (TPSA) is 64.4 Å². The van der Waals surface area contributed by atoms with E-state index in [-0.39, 0.29) is 5.91 Å². The Bertz CT molecular complexity index is 797. The summed E-state index contributed by atoms with van der Waals surface area (Å²) in [5.74, 6) is -0.904. The van der Waals surface area contributed by atoms with Crippen molar-refractivity contribution in [1.29, 1.82) is 0 Å². The van der Waals surface area contributed by atoms with Crippen LogP contribution in [0.15, 0.2) is 36.4 Å². The van der Waals surface area contributed by atoms with Crippen LogP contribution < -0.4 is 0 Å². The highest BCUT2D eigenvalue weighted by molar-refractivity contribution is 6.31. The summed E-state index contributed by atoms with van der Waals surface area (Å²) in [4.78, 5) is 25.0. The van der Waals surface area contributed by atoms with Crippen molar-refractivity contribution in [2.45, 2.75) is 20.0 Å². The Morgan fingerprint density at radius 1 is 1.28 bits per heavy atom. The number of likely N-dealkylation sites (N-methyl/N-ethyl adjacent to an activating group) is 1. The maximum atomic E-state index is 11.9. The van der Waals surface area contributed by atoms with Gasteiger partial charge in [-0.05, 0) is 32.1 Å². The normalized spacial score (nSPS) is 12.2. The van der Waals surface area contributed by atoms with Crippen molar-refractivity contribution < 1.29 is 14.3 Å². The summed E-state index contributed by atoms with van der Waals surface area (Å²) in [6, 6.07) is 9.45. The average Bonchev–Trinajstić information content (AvgIpc) is 2.87. The van der Waals surface area contributed by atoms with Gasteiger partial charge in [-0.2, -0.15) is 5.10 Å². The van der Waals surface area contributed by atoms with Gasteiger partial charge in [0.25, 0.3) is 5.91 Å². The van der Waals surface area contributed by atoms with Crippen molar-refractivity contribution in [2.75, 3.05) is 14.1 Å². The summed E-state index contributed by atoms with van der Waals surface area (Å²) in [6.07, 6.45) is 1.93. The van der Waals surface area contributed by atoms with Crippen molar-refractivity contribution in [1.82, 2.24) is 14.7 Å². The minimum Gasteiger partial charge on any atom is -0.449 e. The Kier molecular flexibility index (Phi) is 5.98. The molecule has 6 nitrogen and oxygen atoms in total. The van der Waals surface area contributed by atoms with Crippen molar-refractivity contribution in [3.63, 3.8) is 0 Å². The molecule has 1 aromatic carbocycles. The number of carbonyl (C=O) groups excluding carboxylic acids is 2. The van der Waals surface area contributed by atoms with E-state index in [1.54, 1.807) is 31.8 Å². The van der Waals surface area contributed by atoms with Gasteiger partial charge in [0.05, 0.1) is 11.4 Å². The molecule has 0 saturated heterocycles. The number of hydrogen-bond donors (Lipinski definition) is 0. The molecule has 7 heteroatoms. The number of ether oxygens (including phenoxy) is 1. The number of hydrogen-bond acceptors (Lipinski definition) is 4. The van der Waals surface area contributed by atoms with Crippen molar-refractivity contribution in [3.8, 4) is 5.69 Å². The number of amides is 1. The predicted octanol–water partition coefficient (Wildman–Crippen LogP) is 2.87. The second-order valence-electron chi connectivity index (χ2n) is 5.68. The van der Waals surface area contributed by atoms with Crippen LogP contribution in [0.2, 0.25) is 5.15 Å². The maximum absolute atomic E-state index is 11.9. The number of para-hydroxylation sites is 1. The predicted molar refractivity (Wildman–Crippen MR) is 96.6 cm³/mol. The second kappa shape index (κ2) is 7.98. The smallest absolute Gasteiger partial charge is 0.331 e. The van der Waals surface area contributed by atoms with E-state index in [1.807, 2.05) is 30.3 Å². The molecule has 2 aromatic rings. The highest BCUT2D eigenvalue weighted by Crippen LogP contribution is 2.24. The van der Waals surface area contributed by atoms with Gasteiger partial charge in [-0.25, -0.2) is 9.48 Å². The lowest BCUT2D eigenvalue weighted by Gasteiger charge is -2.16. The Hall–Kier alpha value is -2.60. The molecule has 0 unspecified atom stereocenters. The minimum absolute atomic E-state index is 0.284. The third-order valence-corrected chi connectivity index (χ3v) is 3.88. The zero-order valence-electron chi connectivity index (χ0n) is 14.6. The number of esters is 1. The fourth-order valence-electron chi connectivity index (χ4n) is 2.22. The van der Waals surface area contributed by atoms with Gasteiger partial charge in [-0.1, -0.05) is 29.8 Å².